The van der Waals surface area contributed by atoms with Gasteiger partial charge in [-0.15, -0.1) is 0 Å². The fourth-order valence-corrected chi connectivity index (χ4v) is 6.79. The normalized spacial score (nSPS) is 39.0. The van der Waals surface area contributed by atoms with Gasteiger partial charge in [0.2, 0.25) is 0 Å². The molecule has 0 radical (unpaired) electrons. The Morgan fingerprint density at radius 2 is 1.93 bits per heavy atom. The van der Waals surface area contributed by atoms with Crippen LogP contribution in [-0.4, -0.2) is 40.9 Å². The van der Waals surface area contributed by atoms with Crippen molar-refractivity contribution in [2.24, 2.45) is 5.92 Å². The summed E-state index contributed by atoms with van der Waals surface area (Å²) >= 11 is 0. The predicted molar refractivity (Wildman–Crippen MR) is 102 cm³/mol. The molecule has 5 atom stereocenters. The summed E-state index contributed by atoms with van der Waals surface area (Å²) in [5.41, 5.74) is 2.17. The van der Waals surface area contributed by atoms with Crippen molar-refractivity contribution in [1.82, 2.24) is 4.90 Å². The van der Waals surface area contributed by atoms with Crippen LogP contribution in [0.5, 0.6) is 11.5 Å². The zero-order valence-corrected chi connectivity index (χ0v) is 15.6. The van der Waals surface area contributed by atoms with Gasteiger partial charge >= 0.3 is 0 Å². The van der Waals surface area contributed by atoms with Crippen LogP contribution in [0.25, 0.3) is 0 Å². The van der Waals surface area contributed by atoms with Gasteiger partial charge in [-0.05, 0) is 62.4 Å². The summed E-state index contributed by atoms with van der Waals surface area (Å²) in [5.74, 6) is 1.30. The number of aliphatic hydroxyl groups is 1. The second kappa shape index (κ2) is 5.06. The van der Waals surface area contributed by atoms with Crippen molar-refractivity contribution >= 4 is 0 Å². The summed E-state index contributed by atoms with van der Waals surface area (Å²) in [6.45, 7) is 1.00. The van der Waals surface area contributed by atoms with E-state index in [0.29, 0.717) is 24.1 Å². The number of benzene rings is 2. The second-order valence-electron chi connectivity index (χ2n) is 8.92. The summed E-state index contributed by atoms with van der Waals surface area (Å²) in [4.78, 5) is 2.49. The third-order valence-corrected chi connectivity index (χ3v) is 7.94. The molecule has 2 aromatic rings. The Morgan fingerprint density at radius 1 is 1.11 bits per heavy atom. The zero-order chi connectivity index (χ0) is 18.4. The third kappa shape index (κ3) is 1.76. The van der Waals surface area contributed by atoms with E-state index in [1.165, 1.54) is 11.1 Å². The summed E-state index contributed by atoms with van der Waals surface area (Å²) in [5, 5.41) is 22.5. The molecule has 2 N–H and O–H groups in total. The molecule has 0 unspecified atom stereocenters. The Labute approximate surface area is 159 Å². The molecule has 4 aliphatic rings. The first-order chi connectivity index (χ1) is 13.1. The molecule has 2 aliphatic heterocycles. The Morgan fingerprint density at radius 3 is 2.74 bits per heavy atom. The second-order valence-corrected chi connectivity index (χ2v) is 8.92. The molecular weight excluding hydrogens is 338 g/mol. The highest BCUT2D eigenvalue weighted by Crippen LogP contribution is 2.66. The van der Waals surface area contributed by atoms with E-state index >= 15 is 0 Å². The van der Waals surface area contributed by atoms with Gasteiger partial charge in [-0.25, -0.2) is 0 Å². The summed E-state index contributed by atoms with van der Waals surface area (Å²) in [6.07, 6.45) is 3.31. The SMILES string of the molecule is CN1CC[C@]23c4c5ccc(O)c4O[C@H]2[C@](O)(c2ccccc2)CC[C@H]3[C@H]1C5. The Hall–Kier alpha value is -2.04. The molecule has 2 bridgehead atoms. The summed E-state index contributed by atoms with van der Waals surface area (Å²) in [6, 6.07) is 14.3. The molecule has 0 aromatic heterocycles. The minimum atomic E-state index is -1.03. The van der Waals surface area contributed by atoms with Crippen LogP contribution in [0.1, 0.15) is 36.0 Å². The highest BCUT2D eigenvalue weighted by Gasteiger charge is 2.69. The van der Waals surface area contributed by atoms with E-state index in [1.54, 1.807) is 6.07 Å². The molecule has 27 heavy (non-hydrogen) atoms. The van der Waals surface area contributed by atoms with Crippen LogP contribution in [0.4, 0.5) is 0 Å². The highest BCUT2D eigenvalue weighted by molar-refractivity contribution is 5.61. The maximum Gasteiger partial charge on any atom is 0.165 e. The molecule has 1 saturated heterocycles. The monoisotopic (exact) mass is 363 g/mol. The van der Waals surface area contributed by atoms with Crippen LogP contribution in [0, 0.1) is 5.92 Å². The van der Waals surface area contributed by atoms with Gasteiger partial charge < -0.3 is 19.8 Å². The average Bonchev–Trinajstić information content (AvgIpc) is 3.05. The molecule has 1 spiro atoms. The fraction of sp³-hybridized carbons (Fsp3) is 0.478. The van der Waals surface area contributed by atoms with Crippen LogP contribution in [0.3, 0.4) is 0 Å². The number of phenols is 1. The van der Waals surface area contributed by atoms with Crippen LogP contribution < -0.4 is 4.74 Å². The topological polar surface area (TPSA) is 52.9 Å². The number of hydrogen-bond donors (Lipinski definition) is 2. The minimum absolute atomic E-state index is 0.207. The van der Waals surface area contributed by atoms with Crippen LogP contribution >= 0.6 is 0 Å². The number of likely N-dealkylation sites (tertiary alicyclic amines) is 1. The van der Waals surface area contributed by atoms with Gasteiger partial charge in [-0.1, -0.05) is 36.4 Å². The number of piperidine rings is 1. The van der Waals surface area contributed by atoms with Gasteiger partial charge in [-0.2, -0.15) is 0 Å². The van der Waals surface area contributed by atoms with Crippen molar-refractivity contribution in [3.8, 4) is 11.5 Å². The first-order valence-corrected chi connectivity index (χ1v) is 10.1. The number of nitrogens with zero attached hydrogens (tertiary/aromatic N) is 1. The van der Waals surface area contributed by atoms with E-state index in [0.717, 1.165) is 31.4 Å². The van der Waals surface area contributed by atoms with E-state index < -0.39 is 5.60 Å². The van der Waals surface area contributed by atoms with Crippen LogP contribution in [0.15, 0.2) is 42.5 Å². The number of ether oxygens (including phenoxy) is 1. The summed E-state index contributed by atoms with van der Waals surface area (Å²) < 4.78 is 6.50. The average molecular weight is 363 g/mol. The van der Waals surface area contributed by atoms with Gasteiger partial charge in [0.15, 0.2) is 11.5 Å². The van der Waals surface area contributed by atoms with E-state index in [-0.39, 0.29) is 17.3 Å². The number of aromatic hydroxyl groups is 1. The standard InChI is InChI=1S/C23H25NO3/c1-24-12-11-22-16-9-10-23(26,15-5-3-2-4-6-15)21(22)27-20-18(25)8-7-14(19(20)22)13-17(16)24/h2-8,16-17,21,25-26H,9-13H2,1H3/t16-,17+,21+,22-,23+/m0/s1. The van der Waals surface area contributed by atoms with Crippen molar-refractivity contribution in [3.05, 3.63) is 59.2 Å². The minimum Gasteiger partial charge on any atom is -0.504 e. The molecule has 2 aromatic carbocycles. The maximum atomic E-state index is 12.0. The molecule has 2 aliphatic carbocycles. The highest BCUT2D eigenvalue weighted by atomic mass is 16.5. The lowest BCUT2D eigenvalue weighted by Gasteiger charge is -2.60. The number of phenolic OH excluding ortho intramolecular Hbond substituents is 1. The lowest BCUT2D eigenvalue weighted by Crippen LogP contribution is -2.68. The zero-order valence-electron chi connectivity index (χ0n) is 15.6. The number of rotatable bonds is 1. The van der Waals surface area contributed by atoms with Crippen LogP contribution in [0.2, 0.25) is 0 Å². The largest absolute Gasteiger partial charge is 0.504 e. The summed E-state index contributed by atoms with van der Waals surface area (Å²) in [7, 11) is 2.23. The van der Waals surface area contributed by atoms with Crippen molar-refractivity contribution in [2.45, 2.75) is 48.8 Å². The van der Waals surface area contributed by atoms with Crippen molar-refractivity contribution in [3.63, 3.8) is 0 Å². The van der Waals surface area contributed by atoms with Gasteiger partial charge in [0.05, 0.1) is 0 Å². The van der Waals surface area contributed by atoms with Gasteiger partial charge in [0.1, 0.15) is 11.7 Å². The Balaban J connectivity index is 1.61. The quantitative estimate of drug-likeness (QED) is 0.818. The van der Waals surface area contributed by atoms with Crippen molar-refractivity contribution in [2.75, 3.05) is 13.6 Å². The lowest BCUT2D eigenvalue weighted by molar-refractivity contribution is -0.162. The van der Waals surface area contributed by atoms with E-state index in [2.05, 4.69) is 18.0 Å². The first-order valence-electron chi connectivity index (χ1n) is 10.1. The lowest BCUT2D eigenvalue weighted by atomic mass is 9.48. The molecule has 6 rings (SSSR count). The van der Waals surface area contributed by atoms with Crippen molar-refractivity contribution < 1.29 is 14.9 Å². The Bertz CT molecular complexity index is 929. The predicted octanol–water partition coefficient (Wildman–Crippen LogP) is 2.95. The number of likely N-dealkylation sites (N-methyl/N-ethyl adjacent to an activating group) is 1. The molecule has 4 nitrogen and oxygen atoms in total. The van der Waals surface area contributed by atoms with E-state index in [4.69, 9.17) is 4.74 Å². The first kappa shape index (κ1) is 16.0. The van der Waals surface area contributed by atoms with Crippen LogP contribution in [-0.2, 0) is 17.4 Å². The smallest absolute Gasteiger partial charge is 0.165 e. The molecular formula is C23H25NO3. The number of hydrogen-bond acceptors (Lipinski definition) is 4. The van der Waals surface area contributed by atoms with Gasteiger partial charge in [-0.3, -0.25) is 0 Å². The van der Waals surface area contributed by atoms with Crippen molar-refractivity contribution in [1.29, 1.82) is 0 Å². The Kier molecular flexibility index (Phi) is 2.99. The molecule has 2 heterocycles. The maximum absolute atomic E-state index is 12.0. The third-order valence-electron chi connectivity index (χ3n) is 7.94. The molecule has 1 saturated carbocycles. The molecule has 140 valence electrons. The van der Waals surface area contributed by atoms with E-state index in [9.17, 15) is 10.2 Å². The fourth-order valence-electron chi connectivity index (χ4n) is 6.79. The van der Waals surface area contributed by atoms with Gasteiger partial charge in [0, 0.05) is 17.0 Å². The molecule has 0 amide bonds. The van der Waals surface area contributed by atoms with Gasteiger partial charge in [0.25, 0.3) is 0 Å². The molecule has 4 heteroatoms. The van der Waals surface area contributed by atoms with E-state index in [1.807, 2.05) is 30.3 Å². The molecule has 2 fully saturated rings.